The number of anilines is 1. The molecule has 102 valence electrons. The van der Waals surface area contributed by atoms with E-state index in [1.807, 2.05) is 0 Å². The molecule has 0 unspecified atom stereocenters. The molecule has 0 saturated carbocycles. The maximum Gasteiger partial charge on any atom is 0.269 e. The first-order chi connectivity index (χ1) is 9.72. The SMILES string of the molecule is O=[N+]([O-])c1ccc(NCc2ccc3c(c2)CNC3)cc1. The average molecular weight is 269 g/mol. The number of nitro benzene ring substituents is 1. The van der Waals surface area contributed by atoms with Gasteiger partial charge in [0.1, 0.15) is 0 Å². The Morgan fingerprint density at radius 3 is 2.60 bits per heavy atom. The van der Waals surface area contributed by atoms with Crippen LogP contribution >= 0.6 is 0 Å². The molecular weight excluding hydrogens is 254 g/mol. The summed E-state index contributed by atoms with van der Waals surface area (Å²) in [6.45, 7) is 2.59. The number of fused-ring (bicyclic) bond motifs is 1. The fourth-order valence-corrected chi connectivity index (χ4v) is 2.36. The highest BCUT2D eigenvalue weighted by Crippen LogP contribution is 2.19. The average Bonchev–Trinajstić information content (AvgIpc) is 2.93. The Balaban J connectivity index is 1.65. The minimum atomic E-state index is -0.392. The van der Waals surface area contributed by atoms with Crippen LogP contribution in [0.25, 0.3) is 0 Å². The quantitative estimate of drug-likeness (QED) is 0.661. The molecule has 3 rings (SSSR count). The summed E-state index contributed by atoms with van der Waals surface area (Å²) in [5.74, 6) is 0. The summed E-state index contributed by atoms with van der Waals surface area (Å²) < 4.78 is 0. The van der Waals surface area contributed by atoms with Gasteiger partial charge in [-0.05, 0) is 28.8 Å². The van der Waals surface area contributed by atoms with E-state index in [2.05, 4.69) is 28.8 Å². The van der Waals surface area contributed by atoms with E-state index >= 15 is 0 Å². The van der Waals surface area contributed by atoms with Gasteiger partial charge in [0.25, 0.3) is 5.69 Å². The Kier molecular flexibility index (Phi) is 3.35. The molecule has 0 radical (unpaired) electrons. The largest absolute Gasteiger partial charge is 0.381 e. The van der Waals surface area contributed by atoms with Crippen molar-refractivity contribution >= 4 is 11.4 Å². The summed E-state index contributed by atoms with van der Waals surface area (Å²) in [4.78, 5) is 10.2. The zero-order chi connectivity index (χ0) is 13.9. The molecule has 0 fully saturated rings. The molecule has 1 heterocycles. The van der Waals surface area contributed by atoms with Crippen molar-refractivity contribution in [3.05, 3.63) is 69.3 Å². The van der Waals surface area contributed by atoms with Crippen LogP contribution in [0, 0.1) is 10.1 Å². The molecule has 0 aliphatic carbocycles. The van der Waals surface area contributed by atoms with Crippen LogP contribution in [0.1, 0.15) is 16.7 Å². The number of hydrogen-bond donors (Lipinski definition) is 2. The fourth-order valence-electron chi connectivity index (χ4n) is 2.36. The Morgan fingerprint density at radius 2 is 1.85 bits per heavy atom. The summed E-state index contributed by atoms with van der Waals surface area (Å²) >= 11 is 0. The molecule has 0 spiro atoms. The number of benzene rings is 2. The summed E-state index contributed by atoms with van der Waals surface area (Å²) in [6.07, 6.45) is 0. The van der Waals surface area contributed by atoms with E-state index in [-0.39, 0.29) is 5.69 Å². The van der Waals surface area contributed by atoms with Crippen molar-refractivity contribution in [3.63, 3.8) is 0 Å². The third kappa shape index (κ3) is 2.62. The van der Waals surface area contributed by atoms with Gasteiger partial charge in [-0.25, -0.2) is 0 Å². The van der Waals surface area contributed by atoms with Crippen LogP contribution in [0.4, 0.5) is 11.4 Å². The van der Waals surface area contributed by atoms with Crippen molar-refractivity contribution in [3.8, 4) is 0 Å². The summed E-state index contributed by atoms with van der Waals surface area (Å²) in [5.41, 5.74) is 4.93. The Hall–Kier alpha value is -2.40. The van der Waals surface area contributed by atoms with E-state index in [1.165, 1.54) is 28.8 Å². The van der Waals surface area contributed by atoms with Crippen molar-refractivity contribution in [1.29, 1.82) is 0 Å². The van der Waals surface area contributed by atoms with E-state index < -0.39 is 4.92 Å². The van der Waals surface area contributed by atoms with Gasteiger partial charge in [0.2, 0.25) is 0 Å². The highest BCUT2D eigenvalue weighted by atomic mass is 16.6. The molecule has 2 aromatic carbocycles. The molecule has 2 aromatic rings. The third-order valence-corrected chi connectivity index (χ3v) is 3.48. The second-order valence-corrected chi connectivity index (χ2v) is 4.86. The minimum absolute atomic E-state index is 0.110. The van der Waals surface area contributed by atoms with Crippen LogP contribution in [-0.2, 0) is 19.6 Å². The number of rotatable bonds is 4. The first kappa shape index (κ1) is 12.6. The van der Waals surface area contributed by atoms with Gasteiger partial charge < -0.3 is 10.6 Å². The second-order valence-electron chi connectivity index (χ2n) is 4.86. The van der Waals surface area contributed by atoms with E-state index in [9.17, 15) is 10.1 Å². The molecule has 2 N–H and O–H groups in total. The van der Waals surface area contributed by atoms with Crippen molar-refractivity contribution < 1.29 is 4.92 Å². The van der Waals surface area contributed by atoms with E-state index in [4.69, 9.17) is 0 Å². The maximum absolute atomic E-state index is 10.6. The molecule has 0 atom stereocenters. The van der Waals surface area contributed by atoms with Crippen LogP contribution in [-0.4, -0.2) is 4.92 Å². The molecule has 20 heavy (non-hydrogen) atoms. The van der Waals surface area contributed by atoms with Gasteiger partial charge in [0.15, 0.2) is 0 Å². The molecule has 0 aromatic heterocycles. The fraction of sp³-hybridized carbons (Fsp3) is 0.200. The van der Waals surface area contributed by atoms with Gasteiger partial charge in [0.05, 0.1) is 4.92 Å². The highest BCUT2D eigenvalue weighted by Gasteiger charge is 2.10. The molecule has 0 saturated heterocycles. The topological polar surface area (TPSA) is 67.2 Å². The molecular formula is C15H15N3O2. The molecule has 0 amide bonds. The Labute approximate surface area is 116 Å². The second kappa shape index (κ2) is 5.30. The van der Waals surface area contributed by atoms with Gasteiger partial charge in [-0.1, -0.05) is 18.2 Å². The first-order valence-corrected chi connectivity index (χ1v) is 6.52. The molecule has 1 aliphatic rings. The summed E-state index contributed by atoms with van der Waals surface area (Å²) in [5, 5.41) is 17.2. The lowest BCUT2D eigenvalue weighted by molar-refractivity contribution is -0.384. The van der Waals surface area contributed by atoms with Crippen LogP contribution in [0.3, 0.4) is 0 Å². The van der Waals surface area contributed by atoms with Gasteiger partial charge >= 0.3 is 0 Å². The normalized spacial score (nSPS) is 13.0. The van der Waals surface area contributed by atoms with Crippen LogP contribution in [0.2, 0.25) is 0 Å². The van der Waals surface area contributed by atoms with E-state index in [0.717, 1.165) is 18.8 Å². The lowest BCUT2D eigenvalue weighted by Crippen LogP contribution is -2.01. The summed E-state index contributed by atoms with van der Waals surface area (Å²) in [7, 11) is 0. The number of nitrogens with zero attached hydrogens (tertiary/aromatic N) is 1. The zero-order valence-electron chi connectivity index (χ0n) is 10.9. The number of non-ortho nitro benzene ring substituents is 1. The maximum atomic E-state index is 10.6. The van der Waals surface area contributed by atoms with E-state index in [0.29, 0.717) is 6.54 Å². The van der Waals surface area contributed by atoms with Gasteiger partial charge in [0, 0.05) is 37.5 Å². The Morgan fingerprint density at radius 1 is 1.10 bits per heavy atom. The zero-order valence-corrected chi connectivity index (χ0v) is 10.9. The predicted molar refractivity (Wildman–Crippen MR) is 77.4 cm³/mol. The van der Waals surface area contributed by atoms with Crippen molar-refractivity contribution in [2.24, 2.45) is 0 Å². The standard InChI is InChI=1S/C15H15N3O2/c19-18(20)15-5-3-14(4-6-15)17-8-11-1-2-12-9-16-10-13(12)7-11/h1-7,16-17H,8-10H2. The van der Waals surface area contributed by atoms with Crippen molar-refractivity contribution in [2.75, 3.05) is 5.32 Å². The monoisotopic (exact) mass is 269 g/mol. The number of nitro groups is 1. The smallest absolute Gasteiger partial charge is 0.269 e. The Bertz CT molecular complexity index is 638. The van der Waals surface area contributed by atoms with Crippen molar-refractivity contribution in [1.82, 2.24) is 5.32 Å². The van der Waals surface area contributed by atoms with Crippen LogP contribution in [0.5, 0.6) is 0 Å². The molecule has 1 aliphatic heterocycles. The number of nitrogens with one attached hydrogen (secondary N) is 2. The van der Waals surface area contributed by atoms with Crippen molar-refractivity contribution in [2.45, 2.75) is 19.6 Å². The highest BCUT2D eigenvalue weighted by molar-refractivity contribution is 5.49. The van der Waals surface area contributed by atoms with Gasteiger partial charge in [-0.3, -0.25) is 10.1 Å². The minimum Gasteiger partial charge on any atom is -0.381 e. The van der Waals surface area contributed by atoms with Gasteiger partial charge in [-0.2, -0.15) is 0 Å². The van der Waals surface area contributed by atoms with E-state index in [1.54, 1.807) is 12.1 Å². The number of hydrogen-bond acceptors (Lipinski definition) is 4. The lowest BCUT2D eigenvalue weighted by atomic mass is 10.1. The molecule has 0 bridgehead atoms. The lowest BCUT2D eigenvalue weighted by Gasteiger charge is -2.08. The molecule has 5 heteroatoms. The molecule has 5 nitrogen and oxygen atoms in total. The summed E-state index contributed by atoms with van der Waals surface area (Å²) in [6, 6.07) is 12.9. The predicted octanol–water partition coefficient (Wildman–Crippen LogP) is 2.81. The first-order valence-electron chi connectivity index (χ1n) is 6.52. The van der Waals surface area contributed by atoms with Crippen LogP contribution < -0.4 is 10.6 Å². The van der Waals surface area contributed by atoms with Crippen LogP contribution in [0.15, 0.2) is 42.5 Å². The third-order valence-electron chi connectivity index (χ3n) is 3.48. The van der Waals surface area contributed by atoms with Gasteiger partial charge in [-0.15, -0.1) is 0 Å².